The lowest BCUT2D eigenvalue weighted by Crippen LogP contribution is -2.36. The number of aliphatic hydroxyl groups excluding tert-OH is 1. The molecule has 0 aliphatic rings. The summed E-state index contributed by atoms with van der Waals surface area (Å²) in [5.41, 5.74) is 2.34. The molecule has 1 aromatic heterocycles. The third-order valence-electron chi connectivity index (χ3n) is 2.98. The molecule has 0 aromatic carbocycles. The van der Waals surface area contributed by atoms with Gasteiger partial charge >= 0.3 is 0 Å². The standard InChI is InChI=1S/C12H24N4O/c1-9(12-7-14-16(5)10(12)2)13-6-11(17)8-15(3)4/h7,9,11,13,17H,6,8H2,1-5H3. The van der Waals surface area contributed by atoms with Crippen LogP contribution >= 0.6 is 0 Å². The summed E-state index contributed by atoms with van der Waals surface area (Å²) in [5.74, 6) is 0. The Morgan fingerprint density at radius 2 is 2.18 bits per heavy atom. The molecule has 0 aliphatic carbocycles. The molecule has 1 aromatic rings. The Balaban J connectivity index is 2.45. The second-order valence-electron chi connectivity index (χ2n) is 4.85. The molecule has 0 fully saturated rings. The number of nitrogens with one attached hydrogen (secondary N) is 1. The van der Waals surface area contributed by atoms with E-state index in [-0.39, 0.29) is 12.1 Å². The SMILES string of the molecule is Cc1c(C(C)NCC(O)CN(C)C)cnn1C. The molecular weight excluding hydrogens is 216 g/mol. The van der Waals surface area contributed by atoms with Crippen molar-refractivity contribution in [3.8, 4) is 0 Å². The predicted molar refractivity (Wildman–Crippen MR) is 68.9 cm³/mol. The molecule has 1 heterocycles. The molecule has 0 saturated carbocycles. The summed E-state index contributed by atoms with van der Waals surface area (Å²) in [4.78, 5) is 1.98. The first kappa shape index (κ1) is 14.2. The quantitative estimate of drug-likeness (QED) is 0.751. The normalized spacial score (nSPS) is 15.2. The molecule has 98 valence electrons. The van der Waals surface area contributed by atoms with E-state index < -0.39 is 0 Å². The summed E-state index contributed by atoms with van der Waals surface area (Å²) in [6.07, 6.45) is 1.54. The van der Waals surface area contributed by atoms with E-state index in [0.29, 0.717) is 13.1 Å². The molecule has 0 bridgehead atoms. The van der Waals surface area contributed by atoms with Crippen LogP contribution in [0.25, 0.3) is 0 Å². The topological polar surface area (TPSA) is 53.3 Å². The minimum absolute atomic E-state index is 0.209. The van der Waals surface area contributed by atoms with Gasteiger partial charge in [-0.05, 0) is 27.9 Å². The zero-order valence-electron chi connectivity index (χ0n) is 11.4. The Kier molecular flexibility index (Phi) is 5.11. The molecule has 0 saturated heterocycles. The number of aromatic nitrogens is 2. The van der Waals surface area contributed by atoms with Gasteiger partial charge in [-0.1, -0.05) is 0 Å². The van der Waals surface area contributed by atoms with E-state index in [2.05, 4.69) is 24.3 Å². The maximum absolute atomic E-state index is 9.76. The fourth-order valence-corrected chi connectivity index (χ4v) is 1.85. The second kappa shape index (κ2) is 6.14. The molecule has 0 aliphatic heterocycles. The number of nitrogens with zero attached hydrogens (tertiary/aromatic N) is 3. The highest BCUT2D eigenvalue weighted by Gasteiger charge is 2.13. The Hall–Kier alpha value is -0.910. The zero-order valence-corrected chi connectivity index (χ0v) is 11.4. The Labute approximate surface area is 103 Å². The van der Waals surface area contributed by atoms with Gasteiger partial charge in [-0.25, -0.2) is 0 Å². The van der Waals surface area contributed by atoms with Crippen molar-refractivity contribution >= 4 is 0 Å². The lowest BCUT2D eigenvalue weighted by Gasteiger charge is -2.19. The molecule has 17 heavy (non-hydrogen) atoms. The van der Waals surface area contributed by atoms with Crippen LogP contribution in [-0.4, -0.2) is 53.1 Å². The minimum atomic E-state index is -0.343. The molecular formula is C12H24N4O. The van der Waals surface area contributed by atoms with E-state index in [0.717, 1.165) is 5.69 Å². The number of likely N-dealkylation sites (N-methyl/N-ethyl adjacent to an activating group) is 1. The Morgan fingerprint density at radius 3 is 2.65 bits per heavy atom. The Bertz CT molecular complexity index is 348. The van der Waals surface area contributed by atoms with Crippen LogP contribution in [0.15, 0.2) is 6.20 Å². The van der Waals surface area contributed by atoms with Crippen LogP contribution in [0.4, 0.5) is 0 Å². The first-order chi connectivity index (χ1) is 7.91. The van der Waals surface area contributed by atoms with Crippen LogP contribution in [0.2, 0.25) is 0 Å². The second-order valence-corrected chi connectivity index (χ2v) is 4.85. The van der Waals surface area contributed by atoms with Gasteiger partial charge in [0.2, 0.25) is 0 Å². The molecule has 5 nitrogen and oxygen atoms in total. The average Bonchev–Trinajstić information content (AvgIpc) is 2.55. The fourth-order valence-electron chi connectivity index (χ4n) is 1.85. The van der Waals surface area contributed by atoms with Gasteiger partial charge in [-0.2, -0.15) is 5.10 Å². The van der Waals surface area contributed by atoms with Crippen molar-refractivity contribution < 1.29 is 5.11 Å². The largest absolute Gasteiger partial charge is 0.390 e. The van der Waals surface area contributed by atoms with E-state index in [4.69, 9.17) is 0 Å². The molecule has 5 heteroatoms. The summed E-state index contributed by atoms with van der Waals surface area (Å²) >= 11 is 0. The summed E-state index contributed by atoms with van der Waals surface area (Å²) < 4.78 is 1.86. The molecule has 2 unspecified atom stereocenters. The van der Waals surface area contributed by atoms with E-state index in [1.807, 2.05) is 36.9 Å². The number of rotatable bonds is 6. The molecule has 2 atom stereocenters. The van der Waals surface area contributed by atoms with Crippen molar-refractivity contribution in [2.45, 2.75) is 26.0 Å². The van der Waals surface area contributed by atoms with Crippen LogP contribution in [0.5, 0.6) is 0 Å². The van der Waals surface area contributed by atoms with E-state index in [1.54, 1.807) is 0 Å². The lowest BCUT2D eigenvalue weighted by molar-refractivity contribution is 0.132. The maximum atomic E-state index is 9.76. The predicted octanol–water partition coefficient (Wildman–Crippen LogP) is 0.302. The van der Waals surface area contributed by atoms with Gasteiger partial charge in [0.15, 0.2) is 0 Å². The summed E-state index contributed by atoms with van der Waals surface area (Å²) in [5, 5.41) is 17.3. The monoisotopic (exact) mass is 240 g/mol. The summed E-state index contributed by atoms with van der Waals surface area (Å²) in [7, 11) is 5.85. The highest BCUT2D eigenvalue weighted by Crippen LogP contribution is 2.15. The molecule has 0 amide bonds. The molecule has 0 spiro atoms. The third kappa shape index (κ3) is 4.11. The van der Waals surface area contributed by atoms with Crippen molar-refractivity contribution in [2.75, 3.05) is 27.2 Å². The van der Waals surface area contributed by atoms with E-state index >= 15 is 0 Å². The number of aryl methyl sites for hydroxylation is 1. The number of aliphatic hydroxyl groups is 1. The Morgan fingerprint density at radius 1 is 1.53 bits per heavy atom. The van der Waals surface area contributed by atoms with Crippen molar-refractivity contribution in [1.82, 2.24) is 20.0 Å². The highest BCUT2D eigenvalue weighted by molar-refractivity contribution is 5.19. The van der Waals surface area contributed by atoms with E-state index in [1.165, 1.54) is 5.56 Å². The highest BCUT2D eigenvalue weighted by atomic mass is 16.3. The minimum Gasteiger partial charge on any atom is -0.390 e. The first-order valence-electron chi connectivity index (χ1n) is 5.96. The van der Waals surface area contributed by atoms with Gasteiger partial charge < -0.3 is 15.3 Å². The van der Waals surface area contributed by atoms with Crippen LogP contribution in [0.3, 0.4) is 0 Å². The summed E-state index contributed by atoms with van der Waals surface area (Å²) in [6.45, 7) is 5.41. The molecule has 0 radical (unpaired) electrons. The van der Waals surface area contributed by atoms with E-state index in [9.17, 15) is 5.11 Å². The van der Waals surface area contributed by atoms with Crippen molar-refractivity contribution in [3.63, 3.8) is 0 Å². The maximum Gasteiger partial charge on any atom is 0.0791 e. The lowest BCUT2D eigenvalue weighted by atomic mass is 10.1. The van der Waals surface area contributed by atoms with Gasteiger partial charge in [0.1, 0.15) is 0 Å². The van der Waals surface area contributed by atoms with Crippen LogP contribution in [-0.2, 0) is 7.05 Å². The summed E-state index contributed by atoms with van der Waals surface area (Å²) in [6, 6.07) is 0.209. The van der Waals surface area contributed by atoms with Crippen LogP contribution in [0, 0.1) is 6.92 Å². The first-order valence-corrected chi connectivity index (χ1v) is 5.96. The fraction of sp³-hybridized carbons (Fsp3) is 0.750. The van der Waals surface area contributed by atoms with Crippen LogP contribution < -0.4 is 5.32 Å². The van der Waals surface area contributed by atoms with Gasteiger partial charge in [0.05, 0.1) is 12.3 Å². The number of hydrogen-bond acceptors (Lipinski definition) is 4. The van der Waals surface area contributed by atoms with Crippen molar-refractivity contribution in [2.24, 2.45) is 7.05 Å². The van der Waals surface area contributed by atoms with Crippen molar-refractivity contribution in [3.05, 3.63) is 17.5 Å². The van der Waals surface area contributed by atoms with Gasteiger partial charge in [-0.3, -0.25) is 4.68 Å². The zero-order chi connectivity index (χ0) is 13.0. The van der Waals surface area contributed by atoms with Gasteiger partial charge in [0.25, 0.3) is 0 Å². The van der Waals surface area contributed by atoms with Gasteiger partial charge in [-0.15, -0.1) is 0 Å². The average molecular weight is 240 g/mol. The molecule has 1 rings (SSSR count). The number of hydrogen-bond donors (Lipinski definition) is 2. The van der Waals surface area contributed by atoms with Crippen molar-refractivity contribution in [1.29, 1.82) is 0 Å². The molecule has 2 N–H and O–H groups in total. The van der Waals surface area contributed by atoms with Gasteiger partial charge in [0, 0.05) is 37.4 Å². The van der Waals surface area contributed by atoms with Crippen LogP contribution in [0.1, 0.15) is 24.2 Å². The third-order valence-corrected chi connectivity index (χ3v) is 2.98. The smallest absolute Gasteiger partial charge is 0.0791 e.